The molecule has 0 bridgehead atoms. The lowest BCUT2D eigenvalue weighted by atomic mass is 9.97. The van der Waals surface area contributed by atoms with Gasteiger partial charge in [-0.15, -0.1) is 11.3 Å². The van der Waals surface area contributed by atoms with Crippen LogP contribution in [0.4, 0.5) is 17.1 Å². The number of thiophene rings is 1. The van der Waals surface area contributed by atoms with Crippen molar-refractivity contribution in [3.05, 3.63) is 188 Å². The minimum atomic E-state index is 1.12. The first-order chi connectivity index (χ1) is 24.8. The number of hydrogen-bond acceptors (Lipinski definition) is 2. The molecule has 0 aliphatic carbocycles. The van der Waals surface area contributed by atoms with Gasteiger partial charge in [0.15, 0.2) is 0 Å². The van der Waals surface area contributed by atoms with E-state index < -0.39 is 0 Å². The van der Waals surface area contributed by atoms with Gasteiger partial charge in [0.05, 0.1) is 0 Å². The minimum Gasteiger partial charge on any atom is -0.310 e. The van der Waals surface area contributed by atoms with Crippen LogP contribution in [0.1, 0.15) is 0 Å². The van der Waals surface area contributed by atoms with Gasteiger partial charge in [-0.05, 0) is 103 Å². The Balaban J connectivity index is 1.11. The highest BCUT2D eigenvalue weighted by atomic mass is 32.1. The van der Waals surface area contributed by atoms with Gasteiger partial charge in [0.1, 0.15) is 0 Å². The van der Waals surface area contributed by atoms with E-state index in [0.717, 1.165) is 17.1 Å². The van der Waals surface area contributed by atoms with Crippen molar-refractivity contribution in [3.8, 4) is 22.3 Å². The fourth-order valence-corrected chi connectivity index (χ4v) is 8.73. The fraction of sp³-hybridized carbons (Fsp3) is 0. The van der Waals surface area contributed by atoms with Crippen molar-refractivity contribution in [3.63, 3.8) is 0 Å². The lowest BCUT2D eigenvalue weighted by molar-refractivity contribution is 1.29. The number of anilines is 3. The normalized spacial score (nSPS) is 11.6. The summed E-state index contributed by atoms with van der Waals surface area (Å²) in [6.07, 6.45) is 0. The van der Waals surface area contributed by atoms with Gasteiger partial charge in [0.25, 0.3) is 0 Å². The maximum absolute atomic E-state index is 2.39. The summed E-state index contributed by atoms with van der Waals surface area (Å²) in [6.45, 7) is 0. The molecule has 0 saturated heterocycles. The summed E-state index contributed by atoms with van der Waals surface area (Å²) in [6, 6.07) is 68.8. The third kappa shape index (κ3) is 4.84. The summed E-state index contributed by atoms with van der Waals surface area (Å²) in [5, 5.41) is 10.2. The van der Waals surface area contributed by atoms with Gasteiger partial charge < -0.3 is 4.90 Å². The number of rotatable bonds is 5. The Morgan fingerprint density at radius 2 is 0.900 bits per heavy atom. The van der Waals surface area contributed by atoms with Crippen LogP contribution in [-0.2, 0) is 0 Å². The van der Waals surface area contributed by atoms with Gasteiger partial charge in [-0.1, -0.05) is 140 Å². The van der Waals surface area contributed by atoms with Crippen molar-refractivity contribution < 1.29 is 0 Å². The van der Waals surface area contributed by atoms with Crippen LogP contribution < -0.4 is 4.90 Å². The van der Waals surface area contributed by atoms with Crippen LogP contribution in [0, 0.1) is 0 Å². The Bertz CT molecular complexity index is 2870. The van der Waals surface area contributed by atoms with Crippen LogP contribution in [-0.4, -0.2) is 0 Å². The summed E-state index contributed by atoms with van der Waals surface area (Å²) >= 11 is 1.87. The van der Waals surface area contributed by atoms with Crippen LogP contribution in [0.15, 0.2) is 188 Å². The minimum absolute atomic E-state index is 1.12. The van der Waals surface area contributed by atoms with Gasteiger partial charge in [-0.3, -0.25) is 0 Å². The number of nitrogens with zero attached hydrogens (tertiary/aromatic N) is 1. The summed E-state index contributed by atoms with van der Waals surface area (Å²) < 4.78 is 2.66. The van der Waals surface area contributed by atoms with Crippen LogP contribution in [0.2, 0.25) is 0 Å². The Morgan fingerprint density at radius 1 is 0.300 bits per heavy atom. The molecule has 2 heteroatoms. The highest BCUT2D eigenvalue weighted by Gasteiger charge is 2.16. The molecule has 50 heavy (non-hydrogen) atoms. The molecule has 0 unspecified atom stereocenters. The van der Waals surface area contributed by atoms with Crippen LogP contribution >= 0.6 is 11.3 Å². The van der Waals surface area contributed by atoms with Crippen molar-refractivity contribution in [1.29, 1.82) is 0 Å². The highest BCUT2D eigenvalue weighted by molar-refractivity contribution is 7.25. The van der Waals surface area contributed by atoms with Gasteiger partial charge in [-0.25, -0.2) is 0 Å². The molecule has 0 spiro atoms. The highest BCUT2D eigenvalue weighted by Crippen LogP contribution is 2.41. The fourth-order valence-electron chi connectivity index (χ4n) is 7.58. The van der Waals surface area contributed by atoms with E-state index in [2.05, 4.69) is 193 Å². The maximum Gasteiger partial charge on any atom is 0.0468 e. The lowest BCUT2D eigenvalue weighted by Crippen LogP contribution is -2.10. The van der Waals surface area contributed by atoms with E-state index in [1.54, 1.807) is 0 Å². The van der Waals surface area contributed by atoms with Crippen LogP contribution in [0.3, 0.4) is 0 Å². The largest absolute Gasteiger partial charge is 0.310 e. The second-order valence-corrected chi connectivity index (χ2v) is 14.0. The second kappa shape index (κ2) is 11.7. The molecule has 0 aliphatic rings. The Morgan fingerprint density at radius 3 is 1.78 bits per heavy atom. The van der Waals surface area contributed by atoms with Gasteiger partial charge in [-0.2, -0.15) is 0 Å². The first-order valence-electron chi connectivity index (χ1n) is 17.1. The molecule has 9 aromatic carbocycles. The third-order valence-electron chi connectivity index (χ3n) is 10.0. The molecule has 0 N–H and O–H groups in total. The predicted molar refractivity (Wildman–Crippen MR) is 217 cm³/mol. The number of fused-ring (bicyclic) bond motifs is 7. The van der Waals surface area contributed by atoms with Crippen molar-refractivity contribution in [2.24, 2.45) is 0 Å². The lowest BCUT2D eigenvalue weighted by Gasteiger charge is -2.27. The van der Waals surface area contributed by atoms with Crippen molar-refractivity contribution in [2.45, 2.75) is 0 Å². The van der Waals surface area contributed by atoms with Crippen molar-refractivity contribution in [2.75, 3.05) is 4.90 Å². The van der Waals surface area contributed by atoms with E-state index >= 15 is 0 Å². The molecule has 0 saturated carbocycles. The van der Waals surface area contributed by atoms with E-state index in [1.165, 1.54) is 74.7 Å². The summed E-state index contributed by atoms with van der Waals surface area (Å²) in [4.78, 5) is 2.39. The molecule has 1 nitrogen and oxygen atoms in total. The number of hydrogen-bond donors (Lipinski definition) is 0. The second-order valence-electron chi connectivity index (χ2n) is 13.0. The predicted octanol–water partition coefficient (Wildman–Crippen LogP) is 14.3. The van der Waals surface area contributed by atoms with Crippen molar-refractivity contribution in [1.82, 2.24) is 0 Å². The summed E-state index contributed by atoms with van der Waals surface area (Å²) in [7, 11) is 0. The molecule has 0 fully saturated rings. The van der Waals surface area contributed by atoms with Crippen molar-refractivity contribution >= 4 is 80.9 Å². The molecule has 1 heterocycles. The quantitative estimate of drug-likeness (QED) is 0.167. The Kier molecular flexibility index (Phi) is 6.75. The Hall–Kier alpha value is -6.22. The standard InChI is InChI=1S/C48H31NS/c1-3-14-41-33(9-1)11-8-17-43(41)36-12-7-13-39(29-36)49(40-26-28-44-37(30-40)20-19-34-10-2-4-15-42(34)44)38-24-21-32(22-25-38)35-23-27-46-45-16-5-6-18-47(45)50-48(46)31-35/h1-31H. The molecule has 0 atom stereocenters. The van der Waals surface area contributed by atoms with Crippen LogP contribution in [0.5, 0.6) is 0 Å². The van der Waals surface area contributed by atoms with E-state index in [-0.39, 0.29) is 0 Å². The molecular weight excluding hydrogens is 623 g/mol. The zero-order valence-corrected chi connectivity index (χ0v) is 28.1. The van der Waals surface area contributed by atoms with Gasteiger partial charge >= 0.3 is 0 Å². The Labute approximate surface area is 294 Å². The molecule has 0 aliphatic heterocycles. The third-order valence-corrected chi connectivity index (χ3v) is 11.2. The molecular formula is C48H31NS. The average molecular weight is 654 g/mol. The SMILES string of the molecule is c1cc(-c2cccc3ccccc23)cc(N(c2ccc(-c3ccc4c(c3)sc3ccccc34)cc2)c2ccc3c(ccc4ccccc43)c2)c1. The van der Waals surface area contributed by atoms with Gasteiger partial charge in [0.2, 0.25) is 0 Å². The topological polar surface area (TPSA) is 3.24 Å². The smallest absolute Gasteiger partial charge is 0.0468 e. The molecule has 234 valence electrons. The van der Waals surface area contributed by atoms with E-state index in [0.29, 0.717) is 0 Å². The van der Waals surface area contributed by atoms with E-state index in [4.69, 9.17) is 0 Å². The molecule has 10 aromatic rings. The zero-order chi connectivity index (χ0) is 33.0. The summed E-state index contributed by atoms with van der Waals surface area (Å²) in [5.41, 5.74) is 8.25. The first kappa shape index (κ1) is 28.8. The molecule has 1 aromatic heterocycles. The molecule has 0 amide bonds. The zero-order valence-electron chi connectivity index (χ0n) is 27.3. The monoisotopic (exact) mass is 653 g/mol. The molecule has 0 radical (unpaired) electrons. The first-order valence-corrected chi connectivity index (χ1v) is 17.9. The van der Waals surface area contributed by atoms with Gasteiger partial charge in [0, 0.05) is 37.2 Å². The van der Waals surface area contributed by atoms with E-state index in [1.807, 2.05) is 11.3 Å². The molecule has 10 rings (SSSR count). The maximum atomic E-state index is 2.39. The number of benzene rings is 9. The average Bonchev–Trinajstić information content (AvgIpc) is 3.56. The van der Waals surface area contributed by atoms with E-state index in [9.17, 15) is 0 Å². The summed E-state index contributed by atoms with van der Waals surface area (Å²) in [5.74, 6) is 0. The van der Waals surface area contributed by atoms with Crippen LogP contribution in [0.25, 0.3) is 74.7 Å².